The van der Waals surface area contributed by atoms with E-state index < -0.39 is 5.97 Å². The van der Waals surface area contributed by atoms with Gasteiger partial charge in [-0.15, -0.1) is 0 Å². The zero-order chi connectivity index (χ0) is 19.6. The molecule has 2 aromatic carbocycles. The summed E-state index contributed by atoms with van der Waals surface area (Å²) in [6.07, 6.45) is 2.58. The van der Waals surface area contributed by atoms with Gasteiger partial charge in [0.1, 0.15) is 5.84 Å². The molecule has 1 aliphatic rings. The number of carboxylic acid groups (broad SMARTS) is 1. The minimum Gasteiger partial charge on any atom is -0.481 e. The Bertz CT molecular complexity index is 890. The minimum absolute atomic E-state index is 0.0128. The number of hydrogen-bond donors (Lipinski definition) is 3. The van der Waals surface area contributed by atoms with Crippen LogP contribution in [0.4, 0.5) is 5.69 Å². The lowest BCUT2D eigenvalue weighted by Gasteiger charge is -2.24. The summed E-state index contributed by atoms with van der Waals surface area (Å²) in [5, 5.41) is 16.5. The Balaban J connectivity index is 1.79. The summed E-state index contributed by atoms with van der Waals surface area (Å²) in [4.78, 5) is 25.4. The number of aryl methyl sites for hydroxylation is 1. The topological polar surface area (TPSA) is 107 Å². The number of carboxylic acids is 1. The van der Waals surface area contributed by atoms with Gasteiger partial charge in [-0.25, -0.2) is 0 Å². The third-order valence-corrected chi connectivity index (χ3v) is 5.12. The monoisotopic (exact) mass is 365 g/mol. The molecule has 1 aliphatic carbocycles. The Hall–Kier alpha value is -3.15. The first-order valence-corrected chi connectivity index (χ1v) is 8.91. The normalized spacial score (nSPS) is 15.7. The van der Waals surface area contributed by atoms with Gasteiger partial charge in [0.05, 0.1) is 0 Å². The molecule has 0 radical (unpaired) electrons. The van der Waals surface area contributed by atoms with Crippen LogP contribution >= 0.6 is 0 Å². The molecule has 1 unspecified atom stereocenters. The number of fused-ring (bicyclic) bond motifs is 1. The highest BCUT2D eigenvalue weighted by molar-refractivity contribution is 6.06. The third-order valence-electron chi connectivity index (χ3n) is 5.12. The van der Waals surface area contributed by atoms with E-state index >= 15 is 0 Å². The summed E-state index contributed by atoms with van der Waals surface area (Å²) in [7, 11) is 1.71. The lowest BCUT2D eigenvalue weighted by molar-refractivity contribution is -0.138. The number of hydrogen-bond acceptors (Lipinski definition) is 3. The molecule has 6 nitrogen and oxygen atoms in total. The van der Waals surface area contributed by atoms with Crippen molar-refractivity contribution in [2.45, 2.75) is 25.7 Å². The fraction of sp³-hybridized carbons (Fsp3) is 0.286. The van der Waals surface area contributed by atoms with Crippen LogP contribution in [0.2, 0.25) is 0 Å². The second-order valence-corrected chi connectivity index (χ2v) is 7.01. The fourth-order valence-electron chi connectivity index (χ4n) is 3.56. The molecule has 2 aromatic rings. The summed E-state index contributed by atoms with van der Waals surface area (Å²) in [5.41, 5.74) is 9.64. The van der Waals surface area contributed by atoms with Crippen LogP contribution in [-0.2, 0) is 17.6 Å². The Labute approximate surface area is 158 Å². The summed E-state index contributed by atoms with van der Waals surface area (Å²) in [6.45, 7) is 0. The first kappa shape index (κ1) is 18.6. The second-order valence-electron chi connectivity index (χ2n) is 7.01. The molecular formula is C21H23N3O3. The van der Waals surface area contributed by atoms with Gasteiger partial charge in [-0.05, 0) is 72.7 Å². The summed E-state index contributed by atoms with van der Waals surface area (Å²) in [6, 6.07) is 12.7. The fourth-order valence-corrected chi connectivity index (χ4v) is 3.56. The number of nitrogens with zero attached hydrogens (tertiary/aromatic N) is 1. The van der Waals surface area contributed by atoms with Gasteiger partial charge in [0, 0.05) is 30.3 Å². The van der Waals surface area contributed by atoms with Gasteiger partial charge >= 0.3 is 5.97 Å². The number of nitrogen functional groups attached to an aromatic ring is 1. The summed E-state index contributed by atoms with van der Waals surface area (Å²) < 4.78 is 0. The van der Waals surface area contributed by atoms with E-state index in [-0.39, 0.29) is 24.1 Å². The van der Waals surface area contributed by atoms with E-state index in [1.807, 2.05) is 18.2 Å². The third kappa shape index (κ3) is 4.16. The predicted octanol–water partition coefficient (Wildman–Crippen LogP) is 2.83. The SMILES string of the molecule is CN(C(=O)c1ccc2c(c1)CC(CC(=O)O)CC2)c1ccc(C(=N)N)cc1. The predicted molar refractivity (Wildman–Crippen MR) is 104 cm³/mol. The molecule has 140 valence electrons. The standard InChI is InChI=1S/C21H23N3O3/c1-24(18-8-6-15(7-9-18)20(22)23)21(27)16-5-4-14-3-2-13(11-19(25)26)10-17(14)12-16/h4-9,12-13H,2-3,10-11H2,1H3,(H3,22,23)(H,25,26). The maximum Gasteiger partial charge on any atom is 0.303 e. The number of benzene rings is 2. The van der Waals surface area contributed by atoms with Crippen molar-refractivity contribution in [3.8, 4) is 0 Å². The molecule has 1 amide bonds. The number of anilines is 1. The van der Waals surface area contributed by atoms with Crippen LogP contribution in [0.3, 0.4) is 0 Å². The molecule has 0 spiro atoms. The van der Waals surface area contributed by atoms with E-state index in [4.69, 9.17) is 16.2 Å². The number of rotatable bonds is 5. The molecule has 0 saturated heterocycles. The van der Waals surface area contributed by atoms with Crippen molar-refractivity contribution in [1.29, 1.82) is 5.41 Å². The van der Waals surface area contributed by atoms with Crippen LogP contribution in [0.5, 0.6) is 0 Å². The van der Waals surface area contributed by atoms with Crippen LogP contribution in [0.25, 0.3) is 0 Å². The molecular weight excluding hydrogens is 342 g/mol. The van der Waals surface area contributed by atoms with Crippen molar-refractivity contribution in [3.63, 3.8) is 0 Å². The zero-order valence-corrected chi connectivity index (χ0v) is 15.2. The van der Waals surface area contributed by atoms with Crippen LogP contribution < -0.4 is 10.6 Å². The Morgan fingerprint density at radius 2 is 1.81 bits per heavy atom. The maximum absolute atomic E-state index is 12.9. The first-order valence-electron chi connectivity index (χ1n) is 8.91. The van der Waals surface area contributed by atoms with Crippen molar-refractivity contribution in [2.24, 2.45) is 11.7 Å². The number of nitrogens with one attached hydrogen (secondary N) is 1. The van der Waals surface area contributed by atoms with E-state index in [0.29, 0.717) is 23.2 Å². The quantitative estimate of drug-likeness (QED) is 0.559. The van der Waals surface area contributed by atoms with Crippen LogP contribution in [0.15, 0.2) is 42.5 Å². The highest BCUT2D eigenvalue weighted by Gasteiger charge is 2.23. The Morgan fingerprint density at radius 3 is 2.44 bits per heavy atom. The molecule has 27 heavy (non-hydrogen) atoms. The van der Waals surface area contributed by atoms with Crippen molar-refractivity contribution >= 4 is 23.4 Å². The maximum atomic E-state index is 12.9. The van der Waals surface area contributed by atoms with Crippen molar-refractivity contribution in [3.05, 3.63) is 64.7 Å². The average molecular weight is 365 g/mol. The smallest absolute Gasteiger partial charge is 0.303 e. The van der Waals surface area contributed by atoms with Crippen molar-refractivity contribution < 1.29 is 14.7 Å². The van der Waals surface area contributed by atoms with Gasteiger partial charge in [0.15, 0.2) is 0 Å². The van der Waals surface area contributed by atoms with E-state index in [0.717, 1.165) is 18.4 Å². The average Bonchev–Trinajstić information content (AvgIpc) is 2.65. The largest absolute Gasteiger partial charge is 0.481 e. The molecule has 0 aliphatic heterocycles. The van der Waals surface area contributed by atoms with Crippen LogP contribution in [0.1, 0.15) is 39.9 Å². The molecule has 0 bridgehead atoms. The van der Waals surface area contributed by atoms with Gasteiger partial charge in [-0.3, -0.25) is 15.0 Å². The molecule has 4 N–H and O–H groups in total. The van der Waals surface area contributed by atoms with Gasteiger partial charge < -0.3 is 15.7 Å². The van der Waals surface area contributed by atoms with E-state index in [9.17, 15) is 9.59 Å². The molecule has 1 atom stereocenters. The Morgan fingerprint density at radius 1 is 1.15 bits per heavy atom. The highest BCUT2D eigenvalue weighted by Crippen LogP contribution is 2.29. The van der Waals surface area contributed by atoms with E-state index in [1.54, 1.807) is 36.2 Å². The van der Waals surface area contributed by atoms with Crippen LogP contribution in [0, 0.1) is 11.3 Å². The second kappa shape index (κ2) is 7.61. The van der Waals surface area contributed by atoms with Crippen molar-refractivity contribution in [2.75, 3.05) is 11.9 Å². The Kier molecular flexibility index (Phi) is 5.26. The summed E-state index contributed by atoms with van der Waals surface area (Å²) in [5.74, 6) is -0.795. The molecule has 0 heterocycles. The molecule has 0 aromatic heterocycles. The summed E-state index contributed by atoms with van der Waals surface area (Å²) >= 11 is 0. The van der Waals surface area contributed by atoms with Gasteiger partial charge in [-0.1, -0.05) is 6.07 Å². The number of amidine groups is 1. The minimum atomic E-state index is -0.774. The highest BCUT2D eigenvalue weighted by atomic mass is 16.4. The molecule has 0 saturated carbocycles. The number of carbonyl (C=O) groups excluding carboxylic acids is 1. The van der Waals surface area contributed by atoms with E-state index in [2.05, 4.69) is 0 Å². The van der Waals surface area contributed by atoms with Gasteiger partial charge in [-0.2, -0.15) is 0 Å². The molecule has 3 rings (SSSR count). The van der Waals surface area contributed by atoms with Crippen molar-refractivity contribution in [1.82, 2.24) is 0 Å². The number of nitrogens with two attached hydrogens (primary N) is 1. The van der Waals surface area contributed by atoms with Gasteiger partial charge in [0.2, 0.25) is 0 Å². The zero-order valence-electron chi connectivity index (χ0n) is 15.2. The lowest BCUT2D eigenvalue weighted by atomic mass is 9.81. The first-order chi connectivity index (χ1) is 12.8. The lowest BCUT2D eigenvalue weighted by Crippen LogP contribution is -2.27. The number of carbonyl (C=O) groups is 2. The number of amides is 1. The molecule has 6 heteroatoms. The molecule has 0 fully saturated rings. The van der Waals surface area contributed by atoms with Gasteiger partial charge in [0.25, 0.3) is 5.91 Å². The number of aliphatic carboxylic acids is 1. The van der Waals surface area contributed by atoms with Crippen LogP contribution in [-0.4, -0.2) is 29.9 Å². The van der Waals surface area contributed by atoms with E-state index in [1.165, 1.54) is 5.56 Å².